The monoisotopic (exact) mass is 359 g/mol. The van der Waals surface area contributed by atoms with Gasteiger partial charge in [0.1, 0.15) is 0 Å². The lowest BCUT2D eigenvalue weighted by Crippen LogP contribution is -2.44. The first-order valence-electron chi connectivity index (χ1n) is 9.48. The van der Waals surface area contributed by atoms with Gasteiger partial charge in [-0.05, 0) is 76.6 Å². The van der Waals surface area contributed by atoms with Gasteiger partial charge in [-0.3, -0.25) is 4.79 Å². The Morgan fingerprint density at radius 3 is 2.35 bits per heavy atom. The minimum Gasteiger partial charge on any atom is -0.335 e. The molecule has 2 fully saturated rings. The molecule has 0 aromatic heterocycles. The van der Waals surface area contributed by atoms with Crippen molar-refractivity contribution in [2.24, 2.45) is 0 Å². The first-order chi connectivity index (χ1) is 12.6. The van der Waals surface area contributed by atoms with Gasteiger partial charge in [-0.2, -0.15) is 0 Å². The van der Waals surface area contributed by atoms with E-state index in [-0.39, 0.29) is 18.0 Å². The Morgan fingerprint density at radius 1 is 1.08 bits per heavy atom. The molecule has 26 heavy (non-hydrogen) atoms. The molecule has 2 aliphatic rings. The Labute approximate surface area is 154 Å². The zero-order chi connectivity index (χ0) is 18.4. The van der Waals surface area contributed by atoms with Gasteiger partial charge in [0.2, 0.25) is 5.91 Å². The van der Waals surface area contributed by atoms with E-state index < -0.39 is 0 Å². The maximum Gasteiger partial charge on any atom is 0.319 e. The molecule has 142 valence electrons. The molecular formula is C19H29N5O2. The highest BCUT2D eigenvalue weighted by molar-refractivity contribution is 5.92. The largest absolute Gasteiger partial charge is 0.335 e. The second-order valence-corrected chi connectivity index (χ2v) is 7.30. The smallest absolute Gasteiger partial charge is 0.319 e. The second kappa shape index (κ2) is 9.00. The van der Waals surface area contributed by atoms with Crippen LogP contribution in [-0.4, -0.2) is 55.6 Å². The van der Waals surface area contributed by atoms with E-state index in [1.165, 1.54) is 0 Å². The van der Waals surface area contributed by atoms with Crippen molar-refractivity contribution < 1.29 is 9.59 Å². The first kappa shape index (κ1) is 18.7. The van der Waals surface area contributed by atoms with Crippen molar-refractivity contribution in [3.8, 4) is 0 Å². The van der Waals surface area contributed by atoms with Crippen molar-refractivity contribution >= 4 is 23.3 Å². The summed E-state index contributed by atoms with van der Waals surface area (Å²) in [5, 5.41) is 12.1. The van der Waals surface area contributed by atoms with Gasteiger partial charge in [-0.1, -0.05) is 0 Å². The van der Waals surface area contributed by atoms with Crippen LogP contribution in [0.4, 0.5) is 16.2 Å². The Morgan fingerprint density at radius 2 is 1.73 bits per heavy atom. The summed E-state index contributed by atoms with van der Waals surface area (Å²) < 4.78 is 0. The van der Waals surface area contributed by atoms with Gasteiger partial charge >= 0.3 is 6.03 Å². The van der Waals surface area contributed by atoms with Crippen LogP contribution < -0.4 is 21.3 Å². The third kappa shape index (κ3) is 5.71. The summed E-state index contributed by atoms with van der Waals surface area (Å²) in [4.78, 5) is 26.4. The number of carbonyl (C=O) groups excluding carboxylic acids is 2. The molecule has 7 heteroatoms. The Hall–Kier alpha value is -2.12. The highest BCUT2D eigenvalue weighted by Gasteiger charge is 2.19. The summed E-state index contributed by atoms with van der Waals surface area (Å²) in [5.74, 6) is 0.0186. The molecule has 0 aliphatic carbocycles. The van der Waals surface area contributed by atoms with E-state index in [2.05, 4.69) is 33.2 Å². The molecule has 0 spiro atoms. The molecule has 3 amide bonds. The van der Waals surface area contributed by atoms with Gasteiger partial charge in [0.15, 0.2) is 0 Å². The molecule has 0 saturated carbocycles. The van der Waals surface area contributed by atoms with Crippen molar-refractivity contribution in [1.82, 2.24) is 15.5 Å². The summed E-state index contributed by atoms with van der Waals surface area (Å²) in [6.07, 6.45) is 4.65. The normalized spacial score (nSPS) is 21.3. The summed E-state index contributed by atoms with van der Waals surface area (Å²) in [7, 11) is 2.10. The molecule has 1 aromatic rings. The van der Waals surface area contributed by atoms with Crippen LogP contribution in [0.25, 0.3) is 0 Å². The highest BCUT2D eigenvalue weighted by Crippen LogP contribution is 2.16. The number of urea groups is 1. The number of rotatable bonds is 5. The Bertz CT molecular complexity index is 605. The molecule has 0 bridgehead atoms. The molecule has 7 nitrogen and oxygen atoms in total. The number of nitrogens with zero attached hydrogens (tertiary/aromatic N) is 1. The fourth-order valence-electron chi connectivity index (χ4n) is 3.51. The molecule has 1 aromatic carbocycles. The number of hydrogen-bond donors (Lipinski definition) is 4. The molecule has 1 unspecified atom stereocenters. The SMILES string of the molecule is CN1CCC(NC(=O)Nc2ccc(NC(=O)CC3CCCN3)cc2)CC1. The number of benzene rings is 1. The molecule has 2 saturated heterocycles. The molecule has 2 heterocycles. The van der Waals surface area contributed by atoms with E-state index in [0.717, 1.165) is 51.0 Å². The van der Waals surface area contributed by atoms with E-state index in [1.807, 2.05) is 12.1 Å². The van der Waals surface area contributed by atoms with Crippen molar-refractivity contribution in [3.63, 3.8) is 0 Å². The minimum absolute atomic E-state index is 0.0186. The van der Waals surface area contributed by atoms with E-state index in [9.17, 15) is 9.59 Å². The van der Waals surface area contributed by atoms with E-state index in [1.54, 1.807) is 12.1 Å². The van der Waals surface area contributed by atoms with Crippen LogP contribution in [-0.2, 0) is 4.79 Å². The van der Waals surface area contributed by atoms with Gasteiger partial charge in [0, 0.05) is 29.9 Å². The van der Waals surface area contributed by atoms with Crippen molar-refractivity contribution in [2.45, 2.75) is 44.2 Å². The van der Waals surface area contributed by atoms with E-state index >= 15 is 0 Å². The van der Waals surface area contributed by atoms with Crippen molar-refractivity contribution in [3.05, 3.63) is 24.3 Å². The maximum absolute atomic E-state index is 12.1. The van der Waals surface area contributed by atoms with Crippen LogP contribution in [0, 0.1) is 0 Å². The van der Waals surface area contributed by atoms with Crippen LogP contribution in [0.2, 0.25) is 0 Å². The average Bonchev–Trinajstić information content (AvgIpc) is 3.11. The fraction of sp³-hybridized carbons (Fsp3) is 0.579. The fourth-order valence-corrected chi connectivity index (χ4v) is 3.51. The molecule has 2 aliphatic heterocycles. The zero-order valence-electron chi connectivity index (χ0n) is 15.4. The van der Waals surface area contributed by atoms with Crippen LogP contribution in [0.5, 0.6) is 0 Å². The molecular weight excluding hydrogens is 330 g/mol. The van der Waals surface area contributed by atoms with Gasteiger partial charge < -0.3 is 26.2 Å². The summed E-state index contributed by atoms with van der Waals surface area (Å²) >= 11 is 0. The van der Waals surface area contributed by atoms with Crippen LogP contribution in [0.3, 0.4) is 0 Å². The molecule has 0 radical (unpaired) electrons. The highest BCUT2D eigenvalue weighted by atomic mass is 16.2. The minimum atomic E-state index is -0.177. The van der Waals surface area contributed by atoms with E-state index in [4.69, 9.17) is 0 Å². The van der Waals surface area contributed by atoms with Gasteiger partial charge in [-0.15, -0.1) is 0 Å². The standard InChI is InChI=1S/C19H29N5O2/c1-24-11-8-16(9-12-24)23-19(26)22-15-6-4-14(5-7-15)21-18(25)13-17-3-2-10-20-17/h4-7,16-17,20H,2-3,8-13H2,1H3,(H,21,25)(H2,22,23,26). The molecule has 4 N–H and O–H groups in total. The third-order valence-electron chi connectivity index (χ3n) is 5.07. The number of carbonyl (C=O) groups is 2. The van der Waals surface area contributed by atoms with Gasteiger partial charge in [-0.25, -0.2) is 4.79 Å². The number of likely N-dealkylation sites (tertiary alicyclic amines) is 1. The quantitative estimate of drug-likeness (QED) is 0.648. The van der Waals surface area contributed by atoms with Crippen LogP contribution in [0.1, 0.15) is 32.1 Å². The first-order valence-corrected chi connectivity index (χ1v) is 9.48. The predicted molar refractivity (Wildman–Crippen MR) is 103 cm³/mol. The van der Waals surface area contributed by atoms with Crippen LogP contribution >= 0.6 is 0 Å². The van der Waals surface area contributed by atoms with Crippen molar-refractivity contribution in [1.29, 1.82) is 0 Å². The number of amides is 3. The van der Waals surface area contributed by atoms with Gasteiger partial charge in [0.05, 0.1) is 0 Å². The van der Waals surface area contributed by atoms with E-state index in [0.29, 0.717) is 18.2 Å². The lowest BCUT2D eigenvalue weighted by molar-refractivity contribution is -0.116. The summed E-state index contributed by atoms with van der Waals surface area (Å²) in [6, 6.07) is 7.57. The zero-order valence-corrected chi connectivity index (χ0v) is 15.4. The van der Waals surface area contributed by atoms with Crippen LogP contribution in [0.15, 0.2) is 24.3 Å². The third-order valence-corrected chi connectivity index (χ3v) is 5.07. The number of anilines is 2. The Kier molecular flexibility index (Phi) is 6.46. The van der Waals surface area contributed by atoms with Gasteiger partial charge in [0.25, 0.3) is 0 Å². The molecule has 1 atom stereocenters. The number of piperidine rings is 1. The topological polar surface area (TPSA) is 85.5 Å². The Balaban J connectivity index is 1.42. The molecule has 3 rings (SSSR count). The summed E-state index contributed by atoms with van der Waals surface area (Å²) in [5.41, 5.74) is 1.46. The second-order valence-electron chi connectivity index (χ2n) is 7.30. The maximum atomic E-state index is 12.1. The summed E-state index contributed by atoms with van der Waals surface area (Å²) in [6.45, 7) is 3.02. The average molecular weight is 359 g/mol. The number of nitrogens with one attached hydrogen (secondary N) is 4. The van der Waals surface area contributed by atoms with Crippen molar-refractivity contribution in [2.75, 3.05) is 37.3 Å². The lowest BCUT2D eigenvalue weighted by atomic mass is 10.1. The lowest BCUT2D eigenvalue weighted by Gasteiger charge is -2.29. The predicted octanol–water partition coefficient (Wildman–Crippen LogP) is 1.98. The number of hydrogen-bond acceptors (Lipinski definition) is 4.